The maximum Gasteiger partial charge on any atom is 0.282 e. The lowest BCUT2D eigenvalue weighted by molar-refractivity contribution is -0.120. The van der Waals surface area contributed by atoms with Crippen LogP contribution in [0.1, 0.15) is 37.8 Å². The van der Waals surface area contributed by atoms with Crippen molar-refractivity contribution >= 4 is 23.1 Å². The van der Waals surface area contributed by atoms with Gasteiger partial charge in [-0.15, -0.1) is 0 Å². The zero-order valence-corrected chi connectivity index (χ0v) is 20.2. The number of anilines is 1. The van der Waals surface area contributed by atoms with Crippen LogP contribution in [0.5, 0.6) is 5.75 Å². The summed E-state index contributed by atoms with van der Waals surface area (Å²) in [6.07, 6.45) is 1.97. The molecule has 2 aliphatic heterocycles. The molecule has 1 saturated heterocycles. The molecule has 0 bridgehead atoms. The van der Waals surface area contributed by atoms with Gasteiger partial charge in [0, 0.05) is 13.1 Å². The molecule has 33 heavy (non-hydrogen) atoms. The van der Waals surface area contributed by atoms with Crippen LogP contribution in [0, 0.1) is 6.92 Å². The topological polar surface area (TPSA) is 53.1 Å². The Morgan fingerprint density at radius 1 is 0.939 bits per heavy atom. The predicted molar refractivity (Wildman–Crippen MR) is 131 cm³/mol. The average molecular weight is 448 g/mol. The molecule has 1 fully saturated rings. The highest BCUT2D eigenvalue weighted by Crippen LogP contribution is 2.36. The number of imide groups is 1. The van der Waals surface area contributed by atoms with Crippen molar-refractivity contribution in [3.63, 3.8) is 0 Å². The van der Waals surface area contributed by atoms with E-state index in [2.05, 4.69) is 11.9 Å². The summed E-state index contributed by atoms with van der Waals surface area (Å²) >= 11 is 0. The number of amides is 2. The summed E-state index contributed by atoms with van der Waals surface area (Å²) in [5.41, 5.74) is 3.34. The van der Waals surface area contributed by atoms with Gasteiger partial charge in [0.1, 0.15) is 11.4 Å². The van der Waals surface area contributed by atoms with Crippen LogP contribution >= 0.6 is 0 Å². The molecule has 2 aliphatic rings. The smallest absolute Gasteiger partial charge is 0.282 e. The summed E-state index contributed by atoms with van der Waals surface area (Å²) in [4.78, 5) is 33.1. The highest BCUT2D eigenvalue weighted by Gasteiger charge is 2.43. The molecule has 0 N–H and O–H groups in total. The van der Waals surface area contributed by atoms with Crippen molar-refractivity contribution in [2.45, 2.75) is 45.8 Å². The number of carbonyl (C=O) groups excluding carboxylic acids is 2. The third-order valence-electron chi connectivity index (χ3n) is 6.45. The van der Waals surface area contributed by atoms with Crippen molar-refractivity contribution in [3.8, 4) is 5.75 Å². The molecule has 4 rings (SSSR count). The molecule has 2 amide bonds. The molecule has 2 aromatic carbocycles. The molecule has 0 aromatic heterocycles. The van der Waals surface area contributed by atoms with Crippen LogP contribution < -0.4 is 9.64 Å². The van der Waals surface area contributed by atoms with Crippen LogP contribution in [0.3, 0.4) is 0 Å². The second kappa shape index (κ2) is 9.40. The SMILES string of the molecule is Cc1ccc(N2C(=O)C(c3ccc(OC(C)C)cc3)=C(N(C)C3CCN(C)CC3)C2=O)cc1. The number of likely N-dealkylation sites (tertiary alicyclic amines) is 1. The molecule has 174 valence electrons. The van der Waals surface area contributed by atoms with E-state index in [0.717, 1.165) is 42.8 Å². The minimum absolute atomic E-state index is 0.0629. The number of ether oxygens (including phenoxy) is 1. The van der Waals surface area contributed by atoms with Crippen molar-refractivity contribution in [2.24, 2.45) is 0 Å². The van der Waals surface area contributed by atoms with Gasteiger partial charge in [-0.1, -0.05) is 29.8 Å². The predicted octanol–water partition coefficient (Wildman–Crippen LogP) is 4.09. The van der Waals surface area contributed by atoms with Gasteiger partial charge in [-0.3, -0.25) is 9.59 Å². The number of rotatable bonds is 6. The van der Waals surface area contributed by atoms with Crippen LogP contribution in [0.15, 0.2) is 54.2 Å². The molecular formula is C27H33N3O3. The summed E-state index contributed by atoms with van der Waals surface area (Å²) < 4.78 is 5.77. The van der Waals surface area contributed by atoms with E-state index in [0.29, 0.717) is 17.0 Å². The number of hydrogen-bond donors (Lipinski definition) is 0. The van der Waals surface area contributed by atoms with Crippen LogP contribution in [0.25, 0.3) is 5.57 Å². The van der Waals surface area contributed by atoms with Crippen molar-refractivity contribution < 1.29 is 14.3 Å². The van der Waals surface area contributed by atoms with Crippen molar-refractivity contribution in [2.75, 3.05) is 32.1 Å². The summed E-state index contributed by atoms with van der Waals surface area (Å²) in [6, 6.07) is 15.2. The number of piperidine rings is 1. The highest BCUT2D eigenvalue weighted by molar-refractivity contribution is 6.45. The second-order valence-corrected chi connectivity index (χ2v) is 9.34. The van der Waals surface area contributed by atoms with E-state index >= 15 is 0 Å². The Balaban J connectivity index is 1.74. The Morgan fingerprint density at radius 3 is 2.12 bits per heavy atom. The van der Waals surface area contributed by atoms with Crippen LogP contribution in [-0.2, 0) is 9.59 Å². The molecule has 0 aliphatic carbocycles. The van der Waals surface area contributed by atoms with Crippen LogP contribution in [0.4, 0.5) is 5.69 Å². The Kier molecular flexibility index (Phi) is 6.56. The Morgan fingerprint density at radius 2 is 1.55 bits per heavy atom. The van der Waals surface area contributed by atoms with Crippen LogP contribution in [-0.4, -0.2) is 60.9 Å². The molecule has 0 unspecified atom stereocenters. The monoisotopic (exact) mass is 447 g/mol. The van der Waals surface area contributed by atoms with E-state index in [1.807, 2.05) is 81.2 Å². The lowest BCUT2D eigenvalue weighted by atomic mass is 10.00. The van der Waals surface area contributed by atoms with Gasteiger partial charge in [0.05, 0.1) is 17.4 Å². The standard InChI is InChI=1S/C27H33N3O3/c1-18(2)33-23-12-8-20(9-13-23)24-25(29(5)21-14-16-28(4)17-15-21)27(32)30(26(24)31)22-10-6-19(3)7-11-22/h6-13,18,21H,14-17H2,1-5H3. The van der Waals surface area contributed by atoms with Gasteiger partial charge in [-0.05, 0) is 83.6 Å². The van der Waals surface area contributed by atoms with Crippen molar-refractivity contribution in [1.29, 1.82) is 0 Å². The van der Waals surface area contributed by atoms with E-state index in [1.165, 1.54) is 4.90 Å². The highest BCUT2D eigenvalue weighted by atomic mass is 16.5. The van der Waals surface area contributed by atoms with E-state index in [9.17, 15) is 9.59 Å². The quantitative estimate of drug-likeness (QED) is 0.625. The molecule has 6 nitrogen and oxygen atoms in total. The number of likely N-dealkylation sites (N-methyl/N-ethyl adjacent to an activating group) is 1. The van der Waals surface area contributed by atoms with Crippen LogP contribution in [0.2, 0.25) is 0 Å². The van der Waals surface area contributed by atoms with E-state index in [4.69, 9.17) is 4.74 Å². The Hall–Kier alpha value is -3.12. The number of benzene rings is 2. The zero-order chi connectivity index (χ0) is 23.7. The summed E-state index contributed by atoms with van der Waals surface area (Å²) in [5, 5.41) is 0. The molecule has 0 spiro atoms. The molecule has 6 heteroatoms. The van der Waals surface area contributed by atoms with Crippen molar-refractivity contribution in [1.82, 2.24) is 9.80 Å². The fourth-order valence-corrected chi connectivity index (χ4v) is 4.57. The van der Waals surface area contributed by atoms with Gasteiger partial charge in [0.25, 0.3) is 11.8 Å². The zero-order valence-electron chi connectivity index (χ0n) is 20.2. The lowest BCUT2D eigenvalue weighted by Crippen LogP contribution is -2.43. The first-order chi connectivity index (χ1) is 15.8. The van der Waals surface area contributed by atoms with Gasteiger partial charge in [-0.2, -0.15) is 0 Å². The second-order valence-electron chi connectivity index (χ2n) is 9.34. The molecule has 0 radical (unpaired) electrons. The van der Waals surface area contributed by atoms with Crippen molar-refractivity contribution in [3.05, 3.63) is 65.4 Å². The normalized spacial score (nSPS) is 17.9. The third-order valence-corrected chi connectivity index (χ3v) is 6.45. The van der Waals surface area contributed by atoms with E-state index in [1.54, 1.807) is 0 Å². The summed E-state index contributed by atoms with van der Waals surface area (Å²) in [6.45, 7) is 7.89. The van der Waals surface area contributed by atoms with E-state index in [-0.39, 0.29) is 24.0 Å². The first kappa shape index (κ1) is 23.1. The molecular weight excluding hydrogens is 414 g/mol. The number of nitrogens with zero attached hydrogens (tertiary/aromatic N) is 3. The maximum atomic E-state index is 13.7. The molecule has 2 heterocycles. The fraction of sp³-hybridized carbons (Fsp3) is 0.407. The lowest BCUT2D eigenvalue weighted by Gasteiger charge is -2.36. The number of aryl methyl sites for hydroxylation is 1. The van der Waals surface area contributed by atoms with Gasteiger partial charge in [-0.25, -0.2) is 4.90 Å². The number of hydrogen-bond acceptors (Lipinski definition) is 5. The van der Waals surface area contributed by atoms with Gasteiger partial charge < -0.3 is 14.5 Å². The first-order valence-corrected chi connectivity index (χ1v) is 11.6. The first-order valence-electron chi connectivity index (χ1n) is 11.6. The van der Waals surface area contributed by atoms with Gasteiger partial charge in [0.2, 0.25) is 0 Å². The fourth-order valence-electron chi connectivity index (χ4n) is 4.57. The van der Waals surface area contributed by atoms with Gasteiger partial charge >= 0.3 is 0 Å². The maximum absolute atomic E-state index is 13.7. The number of carbonyl (C=O) groups is 2. The van der Waals surface area contributed by atoms with E-state index < -0.39 is 0 Å². The summed E-state index contributed by atoms with van der Waals surface area (Å²) in [7, 11) is 4.07. The van der Waals surface area contributed by atoms with Gasteiger partial charge in [0.15, 0.2) is 0 Å². The molecule has 2 aromatic rings. The molecule has 0 saturated carbocycles. The molecule has 0 atom stereocenters. The third kappa shape index (κ3) is 4.67. The largest absolute Gasteiger partial charge is 0.491 e. The average Bonchev–Trinajstić information content (AvgIpc) is 3.04. The minimum Gasteiger partial charge on any atom is -0.491 e. The Bertz CT molecular complexity index is 1050. The Labute approximate surface area is 196 Å². The summed E-state index contributed by atoms with van der Waals surface area (Å²) in [5.74, 6) is 0.200. The minimum atomic E-state index is -0.281.